The minimum absolute atomic E-state index is 0.00411. The highest BCUT2D eigenvalue weighted by molar-refractivity contribution is 7.04. The molecule has 0 aliphatic rings. The van der Waals surface area contributed by atoms with Crippen LogP contribution in [-0.4, -0.2) is 9.74 Å². The molecule has 21 heavy (non-hydrogen) atoms. The van der Waals surface area contributed by atoms with Crippen LogP contribution >= 0.6 is 11.5 Å². The Balaban J connectivity index is 1.80. The summed E-state index contributed by atoms with van der Waals surface area (Å²) in [6, 6.07) is 18.2. The first-order chi connectivity index (χ1) is 10.2. The van der Waals surface area contributed by atoms with Crippen molar-refractivity contribution in [1.29, 1.82) is 0 Å². The van der Waals surface area contributed by atoms with Crippen molar-refractivity contribution in [3.05, 3.63) is 93.1 Å². The van der Waals surface area contributed by atoms with E-state index < -0.39 is 0 Å². The van der Waals surface area contributed by atoms with Crippen LogP contribution in [0.4, 0.5) is 0 Å². The lowest BCUT2D eigenvalue weighted by atomic mass is 10.0. The largest absolute Gasteiger partial charge is 0.289 e. The Bertz CT molecular complexity index is 801. The zero-order valence-corrected chi connectivity index (χ0v) is 12.0. The van der Waals surface area contributed by atoms with Crippen LogP contribution in [0.15, 0.2) is 70.8 Å². The van der Waals surface area contributed by atoms with Crippen LogP contribution in [-0.2, 0) is 6.54 Å². The number of benzene rings is 2. The van der Waals surface area contributed by atoms with Crippen molar-refractivity contribution in [2.45, 2.75) is 6.54 Å². The lowest BCUT2D eigenvalue weighted by Gasteiger charge is -2.04. The summed E-state index contributed by atoms with van der Waals surface area (Å²) < 4.78 is 1.67. The highest BCUT2D eigenvalue weighted by Gasteiger charge is 2.08. The van der Waals surface area contributed by atoms with Crippen LogP contribution in [0.3, 0.4) is 0 Å². The predicted molar refractivity (Wildman–Crippen MR) is 84.0 cm³/mol. The smallest absolute Gasteiger partial charge is 0.260 e. The van der Waals surface area contributed by atoms with Gasteiger partial charge in [0.1, 0.15) is 0 Å². The molecule has 2 aromatic carbocycles. The standard InChI is InChI=1S/C17H13NO2S/c19-16-10-11-21-18(16)12-13-6-8-15(9-7-13)17(20)14-4-2-1-3-5-14/h1-11H,12H2. The third-order valence-electron chi connectivity index (χ3n) is 3.22. The first-order valence-corrected chi connectivity index (χ1v) is 7.41. The maximum Gasteiger partial charge on any atom is 0.260 e. The average Bonchev–Trinajstić information content (AvgIpc) is 2.93. The van der Waals surface area contributed by atoms with Gasteiger partial charge in [-0.3, -0.25) is 13.5 Å². The van der Waals surface area contributed by atoms with Crippen molar-refractivity contribution in [2.24, 2.45) is 0 Å². The molecule has 0 spiro atoms. The summed E-state index contributed by atoms with van der Waals surface area (Å²) in [6.45, 7) is 0.538. The molecule has 0 unspecified atom stereocenters. The van der Waals surface area contributed by atoms with Gasteiger partial charge in [-0.1, -0.05) is 66.1 Å². The fraction of sp³-hybridized carbons (Fsp3) is 0.0588. The van der Waals surface area contributed by atoms with Crippen LogP contribution in [0.5, 0.6) is 0 Å². The van der Waals surface area contributed by atoms with Crippen LogP contribution in [0.25, 0.3) is 0 Å². The van der Waals surface area contributed by atoms with Gasteiger partial charge in [0.25, 0.3) is 5.56 Å². The number of nitrogens with zero attached hydrogens (tertiary/aromatic N) is 1. The monoisotopic (exact) mass is 295 g/mol. The Labute approximate surface area is 126 Å². The molecular weight excluding hydrogens is 282 g/mol. The van der Waals surface area contributed by atoms with Gasteiger partial charge in [-0.05, 0) is 5.56 Å². The number of carbonyl (C=O) groups is 1. The Morgan fingerprint density at radius 1 is 0.905 bits per heavy atom. The number of rotatable bonds is 4. The van der Waals surface area contributed by atoms with E-state index in [0.717, 1.165) is 5.56 Å². The Kier molecular flexibility index (Phi) is 3.79. The predicted octanol–water partition coefficient (Wildman–Crippen LogP) is 3.19. The van der Waals surface area contributed by atoms with E-state index in [1.807, 2.05) is 42.5 Å². The van der Waals surface area contributed by atoms with E-state index >= 15 is 0 Å². The number of hydrogen-bond acceptors (Lipinski definition) is 3. The third kappa shape index (κ3) is 3.01. The number of hydrogen-bond donors (Lipinski definition) is 0. The SMILES string of the molecule is O=C(c1ccccc1)c1ccc(Cn2sccc2=O)cc1. The van der Waals surface area contributed by atoms with Gasteiger partial charge in [-0.15, -0.1) is 0 Å². The van der Waals surface area contributed by atoms with Gasteiger partial charge >= 0.3 is 0 Å². The summed E-state index contributed by atoms with van der Waals surface area (Å²) in [4.78, 5) is 23.8. The summed E-state index contributed by atoms with van der Waals surface area (Å²) in [5.74, 6) is 0.00967. The second-order valence-corrected chi connectivity index (χ2v) is 5.60. The van der Waals surface area contributed by atoms with E-state index in [2.05, 4.69) is 0 Å². The van der Waals surface area contributed by atoms with Crippen molar-refractivity contribution in [2.75, 3.05) is 0 Å². The molecule has 0 bridgehead atoms. The Hall–Kier alpha value is -2.46. The van der Waals surface area contributed by atoms with Gasteiger partial charge in [-0.25, -0.2) is 0 Å². The molecule has 0 aliphatic heterocycles. The summed E-state index contributed by atoms with van der Waals surface area (Å²) >= 11 is 1.39. The second-order valence-electron chi connectivity index (χ2n) is 4.68. The van der Waals surface area contributed by atoms with E-state index in [0.29, 0.717) is 17.7 Å². The normalized spacial score (nSPS) is 10.5. The topological polar surface area (TPSA) is 39.1 Å². The third-order valence-corrected chi connectivity index (χ3v) is 4.04. The van der Waals surface area contributed by atoms with Crippen LogP contribution in [0, 0.1) is 0 Å². The first kappa shape index (κ1) is 13.5. The summed E-state index contributed by atoms with van der Waals surface area (Å²) in [5, 5.41) is 1.77. The lowest BCUT2D eigenvalue weighted by Crippen LogP contribution is -2.12. The Morgan fingerprint density at radius 2 is 1.57 bits per heavy atom. The number of carbonyl (C=O) groups excluding carboxylic acids is 1. The summed E-state index contributed by atoms with van der Waals surface area (Å²) in [7, 11) is 0. The quantitative estimate of drug-likeness (QED) is 0.693. The van der Waals surface area contributed by atoms with Gasteiger partial charge < -0.3 is 0 Å². The highest BCUT2D eigenvalue weighted by atomic mass is 32.1. The molecule has 0 N–H and O–H groups in total. The first-order valence-electron chi connectivity index (χ1n) is 6.57. The lowest BCUT2D eigenvalue weighted by molar-refractivity contribution is 0.103. The van der Waals surface area contributed by atoms with E-state index in [9.17, 15) is 9.59 Å². The molecule has 0 amide bonds. The molecule has 0 saturated carbocycles. The van der Waals surface area contributed by atoms with Crippen molar-refractivity contribution in [3.63, 3.8) is 0 Å². The molecule has 0 atom stereocenters. The molecular formula is C17H13NO2S. The van der Waals surface area contributed by atoms with Gasteiger partial charge in [-0.2, -0.15) is 0 Å². The molecule has 1 aromatic heterocycles. The molecule has 3 aromatic rings. The van der Waals surface area contributed by atoms with Crippen molar-refractivity contribution >= 4 is 17.3 Å². The number of aromatic nitrogens is 1. The molecule has 0 saturated heterocycles. The summed E-state index contributed by atoms with van der Waals surface area (Å²) in [6.07, 6.45) is 0. The molecule has 4 heteroatoms. The van der Waals surface area contributed by atoms with Gasteiger partial charge in [0.15, 0.2) is 5.78 Å². The molecule has 3 rings (SSSR count). The average molecular weight is 295 g/mol. The molecule has 0 aliphatic carbocycles. The van der Waals surface area contributed by atoms with E-state index in [4.69, 9.17) is 0 Å². The molecule has 0 radical (unpaired) electrons. The highest BCUT2D eigenvalue weighted by Crippen LogP contribution is 2.12. The van der Waals surface area contributed by atoms with Crippen molar-refractivity contribution < 1.29 is 4.79 Å². The minimum atomic E-state index is 0.00411. The minimum Gasteiger partial charge on any atom is -0.289 e. The van der Waals surface area contributed by atoms with Crippen molar-refractivity contribution in [3.8, 4) is 0 Å². The zero-order valence-electron chi connectivity index (χ0n) is 11.2. The second kappa shape index (κ2) is 5.89. The fourth-order valence-electron chi connectivity index (χ4n) is 2.10. The molecule has 104 valence electrons. The van der Waals surface area contributed by atoms with E-state index in [1.165, 1.54) is 11.5 Å². The van der Waals surface area contributed by atoms with Gasteiger partial charge in [0, 0.05) is 22.6 Å². The summed E-state index contributed by atoms with van der Waals surface area (Å²) in [5.41, 5.74) is 2.34. The maximum absolute atomic E-state index is 12.3. The van der Waals surface area contributed by atoms with Crippen LogP contribution < -0.4 is 5.56 Å². The van der Waals surface area contributed by atoms with Crippen LogP contribution in [0.1, 0.15) is 21.5 Å². The van der Waals surface area contributed by atoms with E-state index in [-0.39, 0.29) is 11.3 Å². The zero-order chi connectivity index (χ0) is 14.7. The van der Waals surface area contributed by atoms with E-state index in [1.54, 1.807) is 27.5 Å². The molecule has 1 heterocycles. The van der Waals surface area contributed by atoms with Crippen LogP contribution in [0.2, 0.25) is 0 Å². The van der Waals surface area contributed by atoms with Crippen molar-refractivity contribution in [1.82, 2.24) is 3.96 Å². The molecule has 3 nitrogen and oxygen atoms in total. The Morgan fingerprint density at radius 3 is 2.19 bits per heavy atom. The van der Waals surface area contributed by atoms with Gasteiger partial charge in [0.2, 0.25) is 0 Å². The fourth-order valence-corrected chi connectivity index (χ4v) is 2.81. The maximum atomic E-state index is 12.3. The number of ketones is 1. The molecule has 0 fully saturated rings. The van der Waals surface area contributed by atoms with Gasteiger partial charge in [0.05, 0.1) is 6.54 Å².